The Morgan fingerprint density at radius 1 is 1.24 bits per heavy atom. The standard InChI is InChI=1S/C16H22N2O3/c1-11(19)13-5-7-14(8-6-13)18-16(21)17-10-12-3-2-4-15(20)9-12/h5-8,12,15,20H,2-4,9-10H2,1H3,(H2,17,18,21). The third kappa shape index (κ3) is 4.86. The quantitative estimate of drug-likeness (QED) is 0.746. The van der Waals surface area contributed by atoms with Gasteiger partial charge in [-0.25, -0.2) is 4.79 Å². The van der Waals surface area contributed by atoms with E-state index in [2.05, 4.69) is 10.6 Å². The molecule has 0 radical (unpaired) electrons. The fourth-order valence-electron chi connectivity index (χ4n) is 2.65. The molecular formula is C16H22N2O3. The molecule has 2 amide bonds. The first kappa shape index (κ1) is 15.5. The first-order chi connectivity index (χ1) is 10.0. The van der Waals surface area contributed by atoms with Gasteiger partial charge in [0, 0.05) is 17.8 Å². The molecule has 2 atom stereocenters. The van der Waals surface area contributed by atoms with E-state index in [1.165, 1.54) is 6.92 Å². The van der Waals surface area contributed by atoms with Gasteiger partial charge in [-0.2, -0.15) is 0 Å². The number of Topliss-reactive ketones (excluding diaryl/α,β-unsaturated/α-hetero) is 1. The first-order valence-electron chi connectivity index (χ1n) is 7.38. The maximum Gasteiger partial charge on any atom is 0.319 e. The van der Waals surface area contributed by atoms with Gasteiger partial charge in [-0.3, -0.25) is 4.79 Å². The third-order valence-electron chi connectivity index (χ3n) is 3.86. The van der Waals surface area contributed by atoms with Crippen LogP contribution in [0.2, 0.25) is 0 Å². The minimum Gasteiger partial charge on any atom is -0.393 e. The van der Waals surface area contributed by atoms with Crippen LogP contribution in [0.1, 0.15) is 43.0 Å². The predicted molar refractivity (Wildman–Crippen MR) is 81.4 cm³/mol. The summed E-state index contributed by atoms with van der Waals surface area (Å²) in [6, 6.07) is 6.54. The van der Waals surface area contributed by atoms with Crippen molar-refractivity contribution < 1.29 is 14.7 Å². The molecule has 1 aliphatic rings. The van der Waals surface area contributed by atoms with Gasteiger partial charge in [-0.15, -0.1) is 0 Å². The number of amides is 2. The van der Waals surface area contributed by atoms with Gasteiger partial charge in [-0.05, 0) is 56.4 Å². The van der Waals surface area contributed by atoms with E-state index < -0.39 is 0 Å². The second-order valence-electron chi connectivity index (χ2n) is 5.66. The largest absolute Gasteiger partial charge is 0.393 e. The number of hydrogen-bond acceptors (Lipinski definition) is 3. The average molecular weight is 290 g/mol. The Hall–Kier alpha value is -1.88. The topological polar surface area (TPSA) is 78.4 Å². The molecule has 1 aromatic rings. The van der Waals surface area contributed by atoms with Crippen LogP contribution >= 0.6 is 0 Å². The number of hydrogen-bond donors (Lipinski definition) is 3. The number of carbonyl (C=O) groups is 2. The van der Waals surface area contributed by atoms with Gasteiger partial charge in [0.1, 0.15) is 0 Å². The van der Waals surface area contributed by atoms with Crippen LogP contribution in [0.3, 0.4) is 0 Å². The van der Waals surface area contributed by atoms with Crippen molar-refractivity contribution in [1.29, 1.82) is 0 Å². The summed E-state index contributed by atoms with van der Waals surface area (Å²) >= 11 is 0. The summed E-state index contributed by atoms with van der Waals surface area (Å²) in [5, 5.41) is 15.2. The van der Waals surface area contributed by atoms with Gasteiger partial charge in [0.25, 0.3) is 0 Å². The van der Waals surface area contributed by atoms with Gasteiger partial charge in [0.2, 0.25) is 0 Å². The van der Waals surface area contributed by atoms with Crippen LogP contribution in [0.15, 0.2) is 24.3 Å². The molecule has 0 bridgehead atoms. The molecule has 5 heteroatoms. The molecule has 0 spiro atoms. The molecule has 1 aliphatic carbocycles. The van der Waals surface area contributed by atoms with Crippen molar-refractivity contribution in [2.75, 3.05) is 11.9 Å². The first-order valence-corrected chi connectivity index (χ1v) is 7.38. The van der Waals surface area contributed by atoms with Crippen LogP contribution in [0.5, 0.6) is 0 Å². The molecule has 5 nitrogen and oxygen atoms in total. The highest BCUT2D eigenvalue weighted by molar-refractivity contribution is 5.95. The summed E-state index contributed by atoms with van der Waals surface area (Å²) < 4.78 is 0. The number of urea groups is 1. The van der Waals surface area contributed by atoms with Gasteiger partial charge >= 0.3 is 6.03 Å². The van der Waals surface area contributed by atoms with Gasteiger partial charge in [-0.1, -0.05) is 6.42 Å². The number of anilines is 1. The Bertz CT molecular complexity index is 499. The Morgan fingerprint density at radius 3 is 2.57 bits per heavy atom. The molecule has 3 N–H and O–H groups in total. The lowest BCUT2D eigenvalue weighted by atomic mass is 9.87. The summed E-state index contributed by atoms with van der Waals surface area (Å²) in [5.74, 6) is 0.349. The summed E-state index contributed by atoms with van der Waals surface area (Å²) in [6.45, 7) is 2.09. The Balaban J connectivity index is 1.77. The molecule has 0 heterocycles. The Morgan fingerprint density at radius 2 is 1.95 bits per heavy atom. The minimum atomic E-state index is -0.259. The molecule has 0 aromatic heterocycles. The van der Waals surface area contributed by atoms with Crippen LogP contribution in [0, 0.1) is 5.92 Å². The molecule has 0 saturated heterocycles. The van der Waals surface area contributed by atoms with E-state index in [9.17, 15) is 14.7 Å². The van der Waals surface area contributed by atoms with Crippen LogP contribution < -0.4 is 10.6 Å². The molecule has 1 fully saturated rings. The van der Waals surface area contributed by atoms with Crippen LogP contribution in [0.4, 0.5) is 10.5 Å². The lowest BCUT2D eigenvalue weighted by molar-refractivity contribution is 0.101. The maximum atomic E-state index is 11.8. The van der Waals surface area contributed by atoms with Gasteiger partial charge in [0.05, 0.1) is 6.10 Å². The average Bonchev–Trinajstić information content (AvgIpc) is 2.46. The van der Waals surface area contributed by atoms with E-state index in [4.69, 9.17) is 0 Å². The van der Waals surface area contributed by atoms with E-state index in [0.717, 1.165) is 25.7 Å². The van der Waals surface area contributed by atoms with Crippen molar-refractivity contribution in [2.45, 2.75) is 38.7 Å². The second kappa shape index (κ2) is 7.22. The van der Waals surface area contributed by atoms with Crippen molar-refractivity contribution in [3.8, 4) is 0 Å². The van der Waals surface area contributed by atoms with Crippen molar-refractivity contribution in [2.24, 2.45) is 5.92 Å². The summed E-state index contributed by atoms with van der Waals surface area (Å²) in [4.78, 5) is 23.0. The zero-order chi connectivity index (χ0) is 15.2. The minimum absolute atomic E-state index is 0.00172. The van der Waals surface area contributed by atoms with Crippen molar-refractivity contribution >= 4 is 17.5 Å². The molecule has 1 aromatic carbocycles. The molecule has 2 unspecified atom stereocenters. The van der Waals surface area contributed by atoms with Crippen LogP contribution in [-0.4, -0.2) is 29.6 Å². The fourth-order valence-corrected chi connectivity index (χ4v) is 2.65. The molecule has 114 valence electrons. The van der Waals surface area contributed by atoms with Gasteiger partial charge in [0.15, 0.2) is 5.78 Å². The van der Waals surface area contributed by atoms with Crippen LogP contribution in [0.25, 0.3) is 0 Å². The zero-order valence-corrected chi connectivity index (χ0v) is 12.3. The van der Waals surface area contributed by atoms with Crippen molar-refractivity contribution in [3.63, 3.8) is 0 Å². The number of aliphatic hydroxyl groups excluding tert-OH is 1. The lowest BCUT2D eigenvalue weighted by Crippen LogP contribution is -2.35. The van der Waals surface area contributed by atoms with E-state index in [1.807, 2.05) is 0 Å². The highest BCUT2D eigenvalue weighted by Gasteiger charge is 2.20. The van der Waals surface area contributed by atoms with Gasteiger partial charge < -0.3 is 15.7 Å². The van der Waals surface area contributed by atoms with Crippen molar-refractivity contribution in [3.05, 3.63) is 29.8 Å². The summed E-state index contributed by atoms with van der Waals surface area (Å²) in [7, 11) is 0. The Kier molecular flexibility index (Phi) is 5.33. The normalized spacial score (nSPS) is 21.6. The van der Waals surface area contributed by atoms with Crippen LogP contribution in [-0.2, 0) is 0 Å². The molecule has 21 heavy (non-hydrogen) atoms. The molecule has 0 aliphatic heterocycles. The number of aliphatic hydroxyl groups is 1. The highest BCUT2D eigenvalue weighted by atomic mass is 16.3. The van der Waals surface area contributed by atoms with E-state index >= 15 is 0 Å². The maximum absolute atomic E-state index is 11.8. The van der Waals surface area contributed by atoms with E-state index in [1.54, 1.807) is 24.3 Å². The highest BCUT2D eigenvalue weighted by Crippen LogP contribution is 2.23. The molecule has 1 saturated carbocycles. The lowest BCUT2D eigenvalue weighted by Gasteiger charge is -2.25. The monoisotopic (exact) mass is 290 g/mol. The summed E-state index contributed by atoms with van der Waals surface area (Å²) in [5.41, 5.74) is 1.28. The number of nitrogens with one attached hydrogen (secondary N) is 2. The van der Waals surface area contributed by atoms with E-state index in [0.29, 0.717) is 23.7 Å². The second-order valence-corrected chi connectivity index (χ2v) is 5.66. The molecule has 2 rings (SSSR count). The van der Waals surface area contributed by atoms with E-state index in [-0.39, 0.29) is 17.9 Å². The zero-order valence-electron chi connectivity index (χ0n) is 12.3. The number of benzene rings is 1. The predicted octanol–water partition coefficient (Wildman–Crippen LogP) is 2.56. The fraction of sp³-hybridized carbons (Fsp3) is 0.500. The molecular weight excluding hydrogens is 268 g/mol. The number of ketones is 1. The Labute approximate surface area is 124 Å². The number of rotatable bonds is 4. The number of carbonyl (C=O) groups excluding carboxylic acids is 2. The SMILES string of the molecule is CC(=O)c1ccc(NC(=O)NCC2CCCC(O)C2)cc1. The van der Waals surface area contributed by atoms with Crippen molar-refractivity contribution in [1.82, 2.24) is 5.32 Å². The third-order valence-corrected chi connectivity index (χ3v) is 3.86. The summed E-state index contributed by atoms with van der Waals surface area (Å²) in [6.07, 6.45) is 3.46. The smallest absolute Gasteiger partial charge is 0.319 e.